The van der Waals surface area contributed by atoms with E-state index in [1.165, 1.54) is 5.56 Å². The summed E-state index contributed by atoms with van der Waals surface area (Å²) >= 11 is 0. The molecule has 2 aromatic rings. The molecular formula is C21H27N5O. The number of nitrogens with zero attached hydrogens (tertiary/aromatic N) is 3. The van der Waals surface area contributed by atoms with Gasteiger partial charge in [-0.15, -0.1) is 0 Å². The molecule has 4 rings (SSSR count). The van der Waals surface area contributed by atoms with Crippen molar-refractivity contribution in [2.24, 2.45) is 11.7 Å². The monoisotopic (exact) mass is 365 g/mol. The van der Waals surface area contributed by atoms with Crippen molar-refractivity contribution in [2.75, 3.05) is 24.5 Å². The van der Waals surface area contributed by atoms with E-state index in [1.54, 1.807) is 0 Å². The van der Waals surface area contributed by atoms with E-state index in [1.807, 2.05) is 18.2 Å². The maximum atomic E-state index is 11.2. The topological polar surface area (TPSA) is 84.1 Å². The van der Waals surface area contributed by atoms with Crippen LogP contribution >= 0.6 is 0 Å². The number of carbonyl (C=O) groups is 1. The molecule has 1 aromatic carbocycles. The minimum atomic E-state index is -0.205. The molecule has 1 atom stereocenters. The van der Waals surface area contributed by atoms with Crippen molar-refractivity contribution in [3.8, 4) is 11.4 Å². The molecule has 1 saturated heterocycles. The number of amides is 1. The molecule has 3 N–H and O–H groups in total. The Hall–Kier alpha value is -2.47. The van der Waals surface area contributed by atoms with E-state index in [9.17, 15) is 4.79 Å². The van der Waals surface area contributed by atoms with Gasteiger partial charge in [0.25, 0.3) is 0 Å². The molecule has 6 heteroatoms. The van der Waals surface area contributed by atoms with Crippen LogP contribution in [0.1, 0.15) is 36.9 Å². The third-order valence-corrected chi connectivity index (χ3v) is 5.56. The lowest BCUT2D eigenvalue weighted by molar-refractivity contribution is -0.118. The number of piperidine rings is 1. The summed E-state index contributed by atoms with van der Waals surface area (Å²) in [5.41, 5.74) is 8.80. The van der Waals surface area contributed by atoms with Gasteiger partial charge in [-0.05, 0) is 38.1 Å². The van der Waals surface area contributed by atoms with Gasteiger partial charge in [0.2, 0.25) is 5.91 Å². The van der Waals surface area contributed by atoms with Gasteiger partial charge in [-0.3, -0.25) is 4.79 Å². The van der Waals surface area contributed by atoms with Crippen LogP contribution in [0.25, 0.3) is 11.4 Å². The van der Waals surface area contributed by atoms with Crippen LogP contribution in [-0.2, 0) is 17.8 Å². The van der Waals surface area contributed by atoms with Gasteiger partial charge in [-0.25, -0.2) is 9.97 Å². The molecule has 0 bridgehead atoms. The van der Waals surface area contributed by atoms with E-state index in [2.05, 4.69) is 22.3 Å². The van der Waals surface area contributed by atoms with Gasteiger partial charge in [0.05, 0.1) is 5.69 Å². The summed E-state index contributed by atoms with van der Waals surface area (Å²) in [6.07, 6.45) is 4.58. The second kappa shape index (κ2) is 8.05. The average molecular weight is 365 g/mol. The largest absolute Gasteiger partial charge is 0.370 e. The Morgan fingerprint density at radius 2 is 2.11 bits per heavy atom. The fraction of sp³-hybridized carbons (Fsp3) is 0.476. The average Bonchev–Trinajstić information content (AvgIpc) is 2.72. The number of hydrogen-bond donors (Lipinski definition) is 2. The molecule has 3 heterocycles. The quantitative estimate of drug-likeness (QED) is 0.849. The van der Waals surface area contributed by atoms with Gasteiger partial charge >= 0.3 is 0 Å². The smallest absolute Gasteiger partial charge is 0.217 e. The van der Waals surface area contributed by atoms with E-state index >= 15 is 0 Å². The molecule has 1 amide bonds. The van der Waals surface area contributed by atoms with Crippen molar-refractivity contribution >= 4 is 11.7 Å². The molecule has 0 aliphatic carbocycles. The van der Waals surface area contributed by atoms with E-state index in [-0.39, 0.29) is 5.91 Å². The lowest BCUT2D eigenvalue weighted by atomic mass is 9.92. The first-order valence-electron chi connectivity index (χ1n) is 9.90. The van der Waals surface area contributed by atoms with Crippen LogP contribution in [0.2, 0.25) is 0 Å². The highest BCUT2D eigenvalue weighted by molar-refractivity contribution is 5.73. The Balaban J connectivity index is 1.65. The summed E-state index contributed by atoms with van der Waals surface area (Å²) in [6, 6.07) is 10.2. The number of fused-ring (bicyclic) bond motifs is 1. The molecule has 1 fully saturated rings. The van der Waals surface area contributed by atoms with Crippen LogP contribution in [0.4, 0.5) is 5.82 Å². The zero-order chi connectivity index (χ0) is 18.6. The van der Waals surface area contributed by atoms with Crippen molar-refractivity contribution in [3.63, 3.8) is 0 Å². The molecule has 142 valence electrons. The Morgan fingerprint density at radius 1 is 1.26 bits per heavy atom. The Morgan fingerprint density at radius 3 is 2.93 bits per heavy atom. The van der Waals surface area contributed by atoms with Gasteiger partial charge in [0.1, 0.15) is 5.82 Å². The predicted molar refractivity (Wildman–Crippen MR) is 106 cm³/mol. The third kappa shape index (κ3) is 4.11. The number of hydrogen-bond acceptors (Lipinski definition) is 5. The van der Waals surface area contributed by atoms with Crippen LogP contribution in [0.15, 0.2) is 30.3 Å². The fourth-order valence-corrected chi connectivity index (χ4v) is 4.16. The molecule has 27 heavy (non-hydrogen) atoms. The SMILES string of the molecule is NC(=O)CC[C@H]1CCCN(c2nc(-c3ccccc3)nc3c2CCNC3)C1. The summed E-state index contributed by atoms with van der Waals surface area (Å²) in [6.45, 7) is 3.72. The maximum Gasteiger partial charge on any atom is 0.217 e. The summed E-state index contributed by atoms with van der Waals surface area (Å²) in [5.74, 6) is 2.18. The van der Waals surface area contributed by atoms with Crippen LogP contribution in [0.3, 0.4) is 0 Å². The number of primary amides is 1. The second-order valence-electron chi connectivity index (χ2n) is 7.55. The maximum absolute atomic E-state index is 11.2. The molecule has 0 spiro atoms. The summed E-state index contributed by atoms with van der Waals surface area (Å²) < 4.78 is 0. The lowest BCUT2D eigenvalue weighted by Crippen LogP contribution is -2.38. The summed E-state index contributed by atoms with van der Waals surface area (Å²) in [5, 5.41) is 3.43. The summed E-state index contributed by atoms with van der Waals surface area (Å²) in [4.78, 5) is 23.4. The normalized spacial score (nSPS) is 19.6. The highest BCUT2D eigenvalue weighted by Gasteiger charge is 2.26. The highest BCUT2D eigenvalue weighted by atomic mass is 16.1. The van der Waals surface area contributed by atoms with Crippen LogP contribution in [0.5, 0.6) is 0 Å². The van der Waals surface area contributed by atoms with E-state index in [4.69, 9.17) is 15.7 Å². The molecular weight excluding hydrogens is 338 g/mol. The molecule has 0 saturated carbocycles. The van der Waals surface area contributed by atoms with Gasteiger partial charge < -0.3 is 16.0 Å². The Labute approximate surface area is 160 Å². The second-order valence-corrected chi connectivity index (χ2v) is 7.55. The van der Waals surface area contributed by atoms with Crippen molar-refractivity contribution in [1.82, 2.24) is 15.3 Å². The van der Waals surface area contributed by atoms with Crippen molar-refractivity contribution < 1.29 is 4.79 Å². The Kier molecular flexibility index (Phi) is 5.34. The van der Waals surface area contributed by atoms with E-state index in [0.29, 0.717) is 12.3 Å². The van der Waals surface area contributed by atoms with Crippen LogP contribution in [0, 0.1) is 5.92 Å². The van der Waals surface area contributed by atoms with Gasteiger partial charge in [-0.2, -0.15) is 0 Å². The number of benzene rings is 1. The van der Waals surface area contributed by atoms with Gasteiger partial charge in [-0.1, -0.05) is 30.3 Å². The lowest BCUT2D eigenvalue weighted by Gasteiger charge is -2.36. The van der Waals surface area contributed by atoms with Crippen molar-refractivity contribution in [2.45, 2.75) is 38.6 Å². The van der Waals surface area contributed by atoms with Crippen molar-refractivity contribution in [3.05, 3.63) is 41.6 Å². The first-order chi connectivity index (χ1) is 13.2. The number of carbonyl (C=O) groups excluding carboxylic acids is 1. The highest BCUT2D eigenvalue weighted by Crippen LogP contribution is 2.31. The zero-order valence-electron chi connectivity index (χ0n) is 15.7. The van der Waals surface area contributed by atoms with Crippen LogP contribution in [-0.4, -0.2) is 35.5 Å². The predicted octanol–water partition coefficient (Wildman–Crippen LogP) is 2.27. The minimum Gasteiger partial charge on any atom is -0.370 e. The number of nitrogens with one attached hydrogen (secondary N) is 1. The van der Waals surface area contributed by atoms with E-state index < -0.39 is 0 Å². The standard InChI is InChI=1S/C21H27N5O/c22-19(27)9-8-15-5-4-12-26(14-15)21-17-10-11-23-13-18(17)24-20(25-21)16-6-2-1-3-7-16/h1-3,6-7,15,23H,4-5,8-14H2,(H2,22,27)/t15-/m1/s1. The third-order valence-electron chi connectivity index (χ3n) is 5.56. The number of anilines is 1. The fourth-order valence-electron chi connectivity index (χ4n) is 4.16. The number of rotatable bonds is 5. The molecule has 2 aliphatic heterocycles. The molecule has 6 nitrogen and oxygen atoms in total. The van der Waals surface area contributed by atoms with Gasteiger partial charge in [0, 0.05) is 37.2 Å². The van der Waals surface area contributed by atoms with E-state index in [0.717, 1.165) is 74.8 Å². The molecule has 2 aliphatic rings. The van der Waals surface area contributed by atoms with Crippen LogP contribution < -0.4 is 16.0 Å². The molecule has 1 aromatic heterocycles. The minimum absolute atomic E-state index is 0.205. The van der Waals surface area contributed by atoms with Gasteiger partial charge in [0.15, 0.2) is 5.82 Å². The number of aromatic nitrogens is 2. The molecule has 0 radical (unpaired) electrons. The van der Waals surface area contributed by atoms with Crippen molar-refractivity contribution in [1.29, 1.82) is 0 Å². The first kappa shape index (κ1) is 17.9. The summed E-state index contributed by atoms with van der Waals surface area (Å²) in [7, 11) is 0. The zero-order valence-corrected chi connectivity index (χ0v) is 15.7. The Bertz CT molecular complexity index is 808. The molecule has 0 unspecified atom stereocenters. The number of nitrogens with two attached hydrogens (primary N) is 1. The first-order valence-corrected chi connectivity index (χ1v) is 9.90.